The minimum absolute atomic E-state index is 0.111. The summed E-state index contributed by atoms with van der Waals surface area (Å²) in [7, 11) is 4.53. The van der Waals surface area contributed by atoms with Crippen LogP contribution in [0.15, 0.2) is 60.4 Å². The van der Waals surface area contributed by atoms with Gasteiger partial charge in [-0.05, 0) is 48.4 Å². The first kappa shape index (κ1) is 24.2. The third kappa shape index (κ3) is 4.68. The van der Waals surface area contributed by atoms with Crippen LogP contribution in [-0.2, 0) is 4.79 Å². The van der Waals surface area contributed by atoms with Crippen LogP contribution < -0.4 is 23.7 Å². The molecule has 4 rings (SSSR count). The fourth-order valence-electron chi connectivity index (χ4n) is 3.73. The molecule has 1 aliphatic heterocycles. The molecule has 0 aromatic heterocycles. The van der Waals surface area contributed by atoms with E-state index < -0.39 is 11.3 Å². The van der Waals surface area contributed by atoms with Gasteiger partial charge in [-0.15, -0.1) is 11.6 Å². The monoisotopic (exact) mass is 494 g/mol. The number of carbonyl (C=O) groups is 2. The van der Waals surface area contributed by atoms with Crippen molar-refractivity contribution >= 4 is 29.4 Å². The first-order valence-electron chi connectivity index (χ1n) is 10.7. The SMILES string of the molecule is COc1cc(/C=C2\Oc3c(ccc(OC(=O)C(Cl)c4ccccc4)c3C)C2=O)cc(OC)c1OC. The van der Waals surface area contributed by atoms with Gasteiger partial charge in [0, 0.05) is 5.56 Å². The summed E-state index contributed by atoms with van der Waals surface area (Å²) in [6, 6.07) is 15.4. The highest BCUT2D eigenvalue weighted by atomic mass is 35.5. The zero-order valence-electron chi connectivity index (χ0n) is 19.6. The molecule has 35 heavy (non-hydrogen) atoms. The predicted molar refractivity (Wildman–Crippen MR) is 131 cm³/mol. The number of allylic oxidation sites excluding steroid dienone is 1. The zero-order valence-corrected chi connectivity index (χ0v) is 20.3. The number of hydrogen-bond donors (Lipinski definition) is 0. The van der Waals surface area contributed by atoms with E-state index >= 15 is 0 Å². The molecule has 0 radical (unpaired) electrons. The Labute approximate surface area is 207 Å². The lowest BCUT2D eigenvalue weighted by atomic mass is 10.1. The summed E-state index contributed by atoms with van der Waals surface area (Å²) in [5, 5.41) is -0.970. The van der Waals surface area contributed by atoms with Crippen molar-refractivity contribution in [1.29, 1.82) is 0 Å². The summed E-state index contributed by atoms with van der Waals surface area (Å²) >= 11 is 6.29. The zero-order chi connectivity index (χ0) is 25.1. The molecule has 0 amide bonds. The predicted octanol–water partition coefficient (Wildman–Crippen LogP) is 5.52. The molecule has 0 fully saturated rings. The molecule has 0 N–H and O–H groups in total. The van der Waals surface area contributed by atoms with Gasteiger partial charge in [-0.3, -0.25) is 4.79 Å². The average Bonchev–Trinajstić information content (AvgIpc) is 3.20. The number of alkyl halides is 1. The van der Waals surface area contributed by atoms with E-state index in [1.807, 2.05) is 6.07 Å². The Balaban J connectivity index is 1.61. The topological polar surface area (TPSA) is 80.3 Å². The van der Waals surface area contributed by atoms with Crippen LogP contribution in [0.3, 0.4) is 0 Å². The van der Waals surface area contributed by atoms with E-state index in [0.717, 1.165) is 0 Å². The molecule has 0 saturated carbocycles. The third-order valence-corrected chi connectivity index (χ3v) is 5.96. The Morgan fingerprint density at radius 2 is 1.60 bits per heavy atom. The van der Waals surface area contributed by atoms with E-state index in [4.69, 9.17) is 35.3 Å². The number of hydrogen-bond acceptors (Lipinski definition) is 7. The number of Topliss-reactive ketones (excluding diaryl/α,β-unsaturated/α-hetero) is 1. The Hall–Kier alpha value is -3.97. The van der Waals surface area contributed by atoms with Gasteiger partial charge in [0.2, 0.25) is 11.5 Å². The van der Waals surface area contributed by atoms with E-state index in [9.17, 15) is 9.59 Å². The van der Waals surface area contributed by atoms with Crippen molar-refractivity contribution in [2.24, 2.45) is 0 Å². The van der Waals surface area contributed by atoms with Gasteiger partial charge in [-0.25, -0.2) is 4.79 Å². The number of fused-ring (bicyclic) bond motifs is 1. The maximum absolute atomic E-state index is 13.0. The van der Waals surface area contributed by atoms with Gasteiger partial charge in [0.1, 0.15) is 11.5 Å². The van der Waals surface area contributed by atoms with Crippen LogP contribution in [-0.4, -0.2) is 33.1 Å². The normalized spacial score (nSPS) is 14.2. The molecule has 8 heteroatoms. The highest BCUT2D eigenvalue weighted by molar-refractivity contribution is 6.30. The molecule has 0 bridgehead atoms. The Kier molecular flexibility index (Phi) is 6.98. The van der Waals surface area contributed by atoms with E-state index in [-0.39, 0.29) is 17.3 Å². The molecule has 0 saturated heterocycles. The highest BCUT2D eigenvalue weighted by Gasteiger charge is 2.31. The van der Waals surface area contributed by atoms with Gasteiger partial charge < -0.3 is 23.7 Å². The van der Waals surface area contributed by atoms with Crippen LogP contribution in [0, 0.1) is 6.92 Å². The van der Waals surface area contributed by atoms with Crippen LogP contribution >= 0.6 is 11.6 Å². The molecule has 1 heterocycles. The molecule has 0 spiro atoms. The van der Waals surface area contributed by atoms with Gasteiger partial charge in [0.25, 0.3) is 0 Å². The highest BCUT2D eigenvalue weighted by Crippen LogP contribution is 2.42. The number of ketones is 1. The summed E-state index contributed by atoms with van der Waals surface area (Å²) in [6.45, 7) is 1.71. The number of carbonyl (C=O) groups excluding carboxylic acids is 2. The summed E-state index contributed by atoms with van der Waals surface area (Å²) in [5.41, 5.74) is 2.12. The number of benzene rings is 3. The van der Waals surface area contributed by atoms with Crippen LogP contribution in [0.1, 0.15) is 32.4 Å². The van der Waals surface area contributed by atoms with Gasteiger partial charge in [0.15, 0.2) is 22.6 Å². The fourth-order valence-corrected chi connectivity index (χ4v) is 3.92. The van der Waals surface area contributed by atoms with Gasteiger partial charge in [0.05, 0.1) is 26.9 Å². The minimum atomic E-state index is -0.970. The van der Waals surface area contributed by atoms with Crippen molar-refractivity contribution in [2.45, 2.75) is 12.3 Å². The number of ether oxygens (including phenoxy) is 5. The molecule has 7 nitrogen and oxygen atoms in total. The van der Waals surface area contributed by atoms with Crippen molar-refractivity contribution in [1.82, 2.24) is 0 Å². The van der Waals surface area contributed by atoms with Crippen LogP contribution in [0.25, 0.3) is 6.08 Å². The molecule has 1 atom stereocenters. The number of rotatable bonds is 7. The van der Waals surface area contributed by atoms with Crippen LogP contribution in [0.5, 0.6) is 28.7 Å². The number of halogens is 1. The molecule has 180 valence electrons. The summed E-state index contributed by atoms with van der Waals surface area (Å²) in [4.78, 5) is 25.6. The van der Waals surface area contributed by atoms with Gasteiger partial charge in [-0.2, -0.15) is 0 Å². The lowest BCUT2D eigenvalue weighted by Crippen LogP contribution is -2.15. The Morgan fingerprint density at radius 1 is 0.943 bits per heavy atom. The molecule has 3 aromatic carbocycles. The average molecular weight is 495 g/mol. The first-order valence-corrected chi connectivity index (χ1v) is 11.1. The van der Waals surface area contributed by atoms with Crippen molar-refractivity contribution in [3.8, 4) is 28.7 Å². The smallest absolute Gasteiger partial charge is 0.334 e. The van der Waals surface area contributed by atoms with E-state index in [1.165, 1.54) is 21.3 Å². The van der Waals surface area contributed by atoms with E-state index in [1.54, 1.807) is 61.5 Å². The maximum atomic E-state index is 13.0. The summed E-state index contributed by atoms with van der Waals surface area (Å²) in [6.07, 6.45) is 1.59. The summed E-state index contributed by atoms with van der Waals surface area (Å²) in [5.74, 6) is 1.10. The second kappa shape index (κ2) is 10.1. The van der Waals surface area contributed by atoms with Crippen LogP contribution in [0.4, 0.5) is 0 Å². The molecular weight excluding hydrogens is 472 g/mol. The fraction of sp³-hybridized carbons (Fsp3) is 0.185. The maximum Gasteiger partial charge on any atom is 0.334 e. The standard InChI is InChI=1S/C27H23ClO7/c1-15-19(35-27(30)23(28)17-8-6-5-7-9-17)11-10-18-24(29)20(34-25(15)18)12-16-13-21(31-2)26(33-4)22(14-16)32-3/h5-14,23H,1-4H3/b20-12-. The van der Waals surface area contributed by atoms with Crippen molar-refractivity contribution in [2.75, 3.05) is 21.3 Å². The molecule has 1 aliphatic rings. The second-order valence-electron chi connectivity index (χ2n) is 7.66. The van der Waals surface area contributed by atoms with E-state index in [0.29, 0.717) is 45.3 Å². The van der Waals surface area contributed by atoms with Crippen molar-refractivity contribution < 1.29 is 33.3 Å². The lowest BCUT2D eigenvalue weighted by Gasteiger charge is -2.13. The quantitative estimate of drug-likeness (QED) is 0.185. The molecule has 0 aliphatic carbocycles. The first-order chi connectivity index (χ1) is 16.9. The Bertz CT molecular complexity index is 1290. The lowest BCUT2D eigenvalue weighted by molar-refractivity contribution is -0.134. The largest absolute Gasteiger partial charge is 0.493 e. The molecule has 1 unspecified atom stereocenters. The number of esters is 1. The van der Waals surface area contributed by atoms with E-state index in [2.05, 4.69) is 0 Å². The van der Waals surface area contributed by atoms with Crippen LogP contribution in [0.2, 0.25) is 0 Å². The van der Waals surface area contributed by atoms with Crippen molar-refractivity contribution in [3.05, 3.63) is 82.6 Å². The van der Waals surface area contributed by atoms with Gasteiger partial charge >= 0.3 is 5.97 Å². The van der Waals surface area contributed by atoms with Gasteiger partial charge in [-0.1, -0.05) is 30.3 Å². The summed E-state index contributed by atoms with van der Waals surface area (Å²) < 4.78 is 27.5. The number of methoxy groups -OCH3 is 3. The minimum Gasteiger partial charge on any atom is -0.493 e. The Morgan fingerprint density at radius 3 is 2.20 bits per heavy atom. The molecule has 3 aromatic rings. The second-order valence-corrected chi connectivity index (χ2v) is 8.09. The molecular formula is C27H23ClO7. The third-order valence-electron chi connectivity index (χ3n) is 5.53. The van der Waals surface area contributed by atoms with Crippen molar-refractivity contribution in [3.63, 3.8) is 0 Å².